The average molecular weight is 347 g/mol. The van der Waals surface area contributed by atoms with Crippen LogP contribution in [-0.2, 0) is 0 Å². The molecule has 1 aliphatic rings. The Morgan fingerprint density at radius 3 is 2.67 bits per heavy atom. The third-order valence-electron chi connectivity index (χ3n) is 3.86. The molecule has 0 unspecified atom stereocenters. The Bertz CT molecular complexity index is 558. The summed E-state index contributed by atoms with van der Waals surface area (Å²) in [5, 5.41) is 6.91. The van der Waals surface area contributed by atoms with Crippen LogP contribution in [-0.4, -0.2) is 64.5 Å². The van der Waals surface area contributed by atoms with Crippen molar-refractivity contribution in [3.8, 4) is 0 Å². The number of hydrogen-bond donors (Lipinski definition) is 1. The lowest BCUT2D eigenvalue weighted by atomic mass is 10.1. The number of nitrogens with one attached hydrogen (secondary N) is 1. The van der Waals surface area contributed by atoms with Gasteiger partial charge in [0.25, 0.3) is 0 Å². The molecule has 1 aromatic heterocycles. The Morgan fingerprint density at radius 2 is 2.08 bits per heavy atom. The highest BCUT2D eigenvalue weighted by atomic mass is 19.4. The molecule has 2 rings (SSSR count). The average Bonchev–Trinajstić information content (AvgIpc) is 2.82. The number of carbonyl (C=O) groups is 1. The highest BCUT2D eigenvalue weighted by Crippen LogP contribution is 2.19. The molecule has 1 aliphatic heterocycles. The largest absolute Gasteiger partial charge is 0.401 e. The summed E-state index contributed by atoms with van der Waals surface area (Å²) in [7, 11) is 0. The molecule has 0 aromatic carbocycles. The molecular formula is C15H24F3N5O. The normalized spacial score (nSPS) is 20.3. The maximum absolute atomic E-state index is 12.6. The molecule has 9 heteroatoms. The van der Waals surface area contributed by atoms with Crippen molar-refractivity contribution in [2.75, 3.05) is 38.0 Å². The summed E-state index contributed by atoms with van der Waals surface area (Å²) in [6.45, 7) is 6.11. The first-order chi connectivity index (χ1) is 11.1. The first-order valence-electron chi connectivity index (χ1n) is 8.03. The molecule has 136 valence electrons. The Labute approximate surface area is 139 Å². The number of nitrogens with zero attached hydrogens (tertiary/aromatic N) is 4. The Hall–Kier alpha value is -1.77. The molecule has 1 fully saturated rings. The minimum absolute atomic E-state index is 0.0287. The molecule has 2 heterocycles. The molecule has 24 heavy (non-hydrogen) atoms. The zero-order valence-corrected chi connectivity index (χ0v) is 14.2. The number of carbonyl (C=O) groups excluding carboxylic acids is 1. The van der Waals surface area contributed by atoms with Gasteiger partial charge in [0.05, 0.1) is 18.4 Å². The van der Waals surface area contributed by atoms with Crippen molar-refractivity contribution >= 4 is 11.7 Å². The van der Waals surface area contributed by atoms with Crippen LogP contribution >= 0.6 is 0 Å². The van der Waals surface area contributed by atoms with Crippen molar-refractivity contribution in [2.45, 2.75) is 33.0 Å². The smallest absolute Gasteiger partial charge is 0.323 e. The van der Waals surface area contributed by atoms with Crippen LogP contribution in [0.15, 0.2) is 12.4 Å². The van der Waals surface area contributed by atoms with E-state index >= 15 is 0 Å². The topological polar surface area (TPSA) is 53.4 Å². The van der Waals surface area contributed by atoms with E-state index in [9.17, 15) is 18.0 Å². The number of amides is 2. The molecule has 1 aromatic rings. The van der Waals surface area contributed by atoms with E-state index in [0.717, 1.165) is 0 Å². The van der Waals surface area contributed by atoms with Crippen LogP contribution in [0.2, 0.25) is 0 Å². The number of rotatable bonds is 3. The molecule has 0 spiro atoms. The predicted molar refractivity (Wildman–Crippen MR) is 84.9 cm³/mol. The molecule has 0 aliphatic carbocycles. The summed E-state index contributed by atoms with van der Waals surface area (Å²) in [6, 6.07) is -0.121. The molecule has 6 nitrogen and oxygen atoms in total. The summed E-state index contributed by atoms with van der Waals surface area (Å²) in [5.74, 6) is -0.0287. The molecule has 0 saturated carbocycles. The standard InChI is InChI=1S/C15H24F3N5O/c1-11(2)23-9-13(6-19-23)20-14(24)22-5-4-21(7-12(3)8-22)10-15(16,17)18/h6,9,11-12H,4-5,7-8,10H2,1-3H3,(H,20,24)/t12-/m0/s1. The van der Waals surface area contributed by atoms with Gasteiger partial charge in [0.15, 0.2) is 0 Å². The maximum Gasteiger partial charge on any atom is 0.401 e. The van der Waals surface area contributed by atoms with Crippen molar-refractivity contribution in [3.05, 3.63) is 12.4 Å². The second-order valence-electron chi connectivity index (χ2n) is 6.63. The number of anilines is 1. The summed E-state index contributed by atoms with van der Waals surface area (Å²) in [5.41, 5.74) is 0.581. The minimum atomic E-state index is -4.22. The maximum atomic E-state index is 12.6. The number of hydrogen-bond acceptors (Lipinski definition) is 3. The van der Waals surface area contributed by atoms with Gasteiger partial charge < -0.3 is 10.2 Å². The van der Waals surface area contributed by atoms with Gasteiger partial charge in [-0.2, -0.15) is 18.3 Å². The Balaban J connectivity index is 1.94. The van der Waals surface area contributed by atoms with E-state index < -0.39 is 12.7 Å². The van der Waals surface area contributed by atoms with E-state index in [2.05, 4.69) is 10.4 Å². The van der Waals surface area contributed by atoms with Gasteiger partial charge in [-0.25, -0.2) is 4.79 Å². The highest BCUT2D eigenvalue weighted by molar-refractivity contribution is 5.89. The van der Waals surface area contributed by atoms with E-state index in [0.29, 0.717) is 18.8 Å². The van der Waals surface area contributed by atoms with E-state index in [1.165, 1.54) is 4.90 Å². The zero-order valence-electron chi connectivity index (χ0n) is 14.2. The van der Waals surface area contributed by atoms with Gasteiger partial charge in [-0.05, 0) is 19.8 Å². The first kappa shape index (κ1) is 18.6. The van der Waals surface area contributed by atoms with Crippen LogP contribution in [0, 0.1) is 5.92 Å². The fraction of sp³-hybridized carbons (Fsp3) is 0.733. The van der Waals surface area contributed by atoms with Crippen molar-refractivity contribution < 1.29 is 18.0 Å². The summed E-state index contributed by atoms with van der Waals surface area (Å²) >= 11 is 0. The molecular weight excluding hydrogens is 323 g/mol. The van der Waals surface area contributed by atoms with Gasteiger partial charge in [0, 0.05) is 38.4 Å². The van der Waals surface area contributed by atoms with Crippen LogP contribution in [0.4, 0.5) is 23.7 Å². The minimum Gasteiger partial charge on any atom is -0.323 e. The van der Waals surface area contributed by atoms with Gasteiger partial charge >= 0.3 is 12.2 Å². The van der Waals surface area contributed by atoms with Crippen molar-refractivity contribution in [1.82, 2.24) is 19.6 Å². The number of aromatic nitrogens is 2. The molecule has 1 saturated heterocycles. The fourth-order valence-corrected chi connectivity index (χ4v) is 2.79. The van der Waals surface area contributed by atoms with Gasteiger partial charge in [-0.1, -0.05) is 6.92 Å². The van der Waals surface area contributed by atoms with Crippen molar-refractivity contribution in [2.24, 2.45) is 5.92 Å². The Kier molecular flexibility index (Phi) is 5.74. The van der Waals surface area contributed by atoms with Gasteiger partial charge in [-0.3, -0.25) is 9.58 Å². The number of alkyl halides is 3. The van der Waals surface area contributed by atoms with Gasteiger partial charge in [-0.15, -0.1) is 0 Å². The number of urea groups is 1. The van der Waals surface area contributed by atoms with E-state index in [1.807, 2.05) is 20.8 Å². The zero-order chi connectivity index (χ0) is 17.9. The summed E-state index contributed by atoms with van der Waals surface area (Å²) < 4.78 is 39.4. The van der Waals surface area contributed by atoms with E-state index in [1.54, 1.807) is 22.0 Å². The number of halogens is 3. The monoisotopic (exact) mass is 347 g/mol. The third-order valence-corrected chi connectivity index (χ3v) is 3.86. The van der Waals surface area contributed by atoms with Crippen LogP contribution in [0.5, 0.6) is 0 Å². The third kappa shape index (κ3) is 5.40. The molecule has 2 amide bonds. The van der Waals surface area contributed by atoms with Crippen molar-refractivity contribution in [1.29, 1.82) is 0 Å². The molecule has 1 atom stereocenters. The highest BCUT2D eigenvalue weighted by Gasteiger charge is 2.33. The SMILES string of the molecule is CC(C)n1cc(NC(=O)N2CCN(CC(F)(F)F)C[C@H](C)C2)cn1. The van der Waals surface area contributed by atoms with Gasteiger partial charge in [0.1, 0.15) is 0 Å². The lowest BCUT2D eigenvalue weighted by Crippen LogP contribution is -2.40. The summed E-state index contributed by atoms with van der Waals surface area (Å²) in [4.78, 5) is 15.3. The predicted octanol–water partition coefficient (Wildman–Crippen LogP) is 2.81. The van der Waals surface area contributed by atoms with E-state index in [4.69, 9.17) is 0 Å². The fourth-order valence-electron chi connectivity index (χ4n) is 2.79. The first-order valence-corrected chi connectivity index (χ1v) is 8.03. The van der Waals surface area contributed by atoms with Crippen molar-refractivity contribution in [3.63, 3.8) is 0 Å². The van der Waals surface area contributed by atoms with Crippen LogP contribution in [0.1, 0.15) is 26.8 Å². The lowest BCUT2D eigenvalue weighted by molar-refractivity contribution is -0.146. The molecule has 1 N–H and O–H groups in total. The molecule has 0 radical (unpaired) electrons. The Morgan fingerprint density at radius 1 is 1.38 bits per heavy atom. The van der Waals surface area contributed by atoms with E-state index in [-0.39, 0.29) is 31.1 Å². The van der Waals surface area contributed by atoms with Crippen LogP contribution in [0.25, 0.3) is 0 Å². The summed E-state index contributed by atoms with van der Waals surface area (Å²) in [6.07, 6.45) is -0.919. The van der Waals surface area contributed by atoms with Crippen LogP contribution < -0.4 is 5.32 Å². The molecule has 0 bridgehead atoms. The van der Waals surface area contributed by atoms with Gasteiger partial charge in [0.2, 0.25) is 0 Å². The lowest BCUT2D eigenvalue weighted by Gasteiger charge is -2.22. The second kappa shape index (κ2) is 7.42. The second-order valence-corrected chi connectivity index (χ2v) is 6.63. The van der Waals surface area contributed by atoms with Crippen LogP contribution in [0.3, 0.4) is 0 Å². The quantitative estimate of drug-likeness (QED) is 0.915.